The molecule has 0 bridgehead atoms. The number of nitrogens with one attached hydrogen (secondary N) is 1. The Balaban J connectivity index is 2.49. The molecule has 0 spiro atoms. The number of halogens is 2. The van der Waals surface area contributed by atoms with Gasteiger partial charge in [-0.1, -0.05) is 66.0 Å². The first-order chi connectivity index (χ1) is 16.1. The van der Waals surface area contributed by atoms with Crippen molar-refractivity contribution in [1.82, 2.24) is 10.2 Å². The fraction of sp³-hybridized carbons (Fsp3) is 0.440. The molecule has 0 radical (unpaired) electrons. The molecule has 0 aliphatic rings. The van der Waals surface area contributed by atoms with Crippen molar-refractivity contribution >= 4 is 50.7 Å². The Hall–Kier alpha value is -2.29. The SMILES string of the molecule is CC[C@@H](C(=O)NC(C)(C)C)N(Cc1ccc(C)cc1)C(=O)CN(c1cccc(Cl)c1Cl)S(C)(=O)=O. The standard InChI is InChI=1S/C25H33Cl2N3O4S/c1-7-20(24(32)28-25(3,4)5)29(15-18-13-11-17(2)12-14-18)22(31)16-30(35(6,33)34)21-10-8-9-19(26)23(21)27/h8-14,20H,7,15-16H2,1-6H3,(H,28,32)/t20-/m0/s1. The van der Waals surface area contributed by atoms with Crippen LogP contribution in [0.1, 0.15) is 45.2 Å². The largest absolute Gasteiger partial charge is 0.350 e. The zero-order valence-electron chi connectivity index (χ0n) is 20.9. The minimum absolute atomic E-state index is 0.0231. The number of sulfonamides is 1. The monoisotopic (exact) mass is 541 g/mol. The van der Waals surface area contributed by atoms with Crippen LogP contribution in [0.25, 0.3) is 0 Å². The van der Waals surface area contributed by atoms with E-state index in [1.54, 1.807) is 6.07 Å². The maximum Gasteiger partial charge on any atom is 0.244 e. The average molecular weight is 543 g/mol. The molecule has 2 rings (SSSR count). The Kier molecular flexibility index (Phi) is 9.62. The van der Waals surface area contributed by atoms with E-state index in [1.165, 1.54) is 17.0 Å². The van der Waals surface area contributed by atoms with Gasteiger partial charge in [0.25, 0.3) is 0 Å². The Morgan fingerprint density at radius 2 is 1.66 bits per heavy atom. The zero-order valence-corrected chi connectivity index (χ0v) is 23.3. The fourth-order valence-electron chi connectivity index (χ4n) is 3.54. The van der Waals surface area contributed by atoms with Crippen molar-refractivity contribution in [3.8, 4) is 0 Å². The van der Waals surface area contributed by atoms with Gasteiger partial charge in [-0.3, -0.25) is 13.9 Å². The fourth-order valence-corrected chi connectivity index (χ4v) is 4.84. The average Bonchev–Trinajstić information content (AvgIpc) is 2.73. The van der Waals surface area contributed by atoms with Crippen molar-refractivity contribution in [2.45, 2.75) is 59.2 Å². The molecule has 2 aromatic rings. The van der Waals surface area contributed by atoms with E-state index >= 15 is 0 Å². The molecule has 0 aliphatic heterocycles. The number of nitrogens with zero attached hydrogens (tertiary/aromatic N) is 2. The first-order valence-corrected chi connectivity index (χ1v) is 13.8. The molecule has 0 aliphatic carbocycles. The van der Waals surface area contributed by atoms with E-state index < -0.39 is 34.1 Å². The second kappa shape index (κ2) is 11.6. The minimum atomic E-state index is -3.90. The van der Waals surface area contributed by atoms with Gasteiger partial charge in [0, 0.05) is 12.1 Å². The second-order valence-corrected chi connectivity index (χ2v) is 12.2. The van der Waals surface area contributed by atoms with Crippen LogP contribution in [0.3, 0.4) is 0 Å². The van der Waals surface area contributed by atoms with Gasteiger partial charge < -0.3 is 10.2 Å². The summed E-state index contributed by atoms with van der Waals surface area (Å²) >= 11 is 12.4. The maximum atomic E-state index is 13.7. The highest BCUT2D eigenvalue weighted by Crippen LogP contribution is 2.33. The summed E-state index contributed by atoms with van der Waals surface area (Å²) in [5, 5.41) is 3.12. The number of rotatable bonds is 9. The molecule has 0 heterocycles. The lowest BCUT2D eigenvalue weighted by molar-refractivity contribution is -0.141. The molecule has 0 saturated heterocycles. The number of hydrogen-bond donors (Lipinski definition) is 1. The first kappa shape index (κ1) is 28.9. The number of amides is 2. The zero-order chi connectivity index (χ0) is 26.6. The van der Waals surface area contributed by atoms with Gasteiger partial charge in [0.2, 0.25) is 21.8 Å². The summed E-state index contributed by atoms with van der Waals surface area (Å²) in [6.07, 6.45) is 1.34. The van der Waals surface area contributed by atoms with Gasteiger partial charge >= 0.3 is 0 Å². The number of aryl methyl sites for hydroxylation is 1. The Bertz CT molecular complexity index is 1160. The molecule has 35 heavy (non-hydrogen) atoms. The Labute approximate surface area is 218 Å². The molecule has 1 N–H and O–H groups in total. The van der Waals surface area contributed by atoms with Gasteiger partial charge in [-0.05, 0) is 51.8 Å². The van der Waals surface area contributed by atoms with Crippen molar-refractivity contribution in [1.29, 1.82) is 0 Å². The van der Waals surface area contributed by atoms with E-state index in [9.17, 15) is 18.0 Å². The third-order valence-corrected chi connectivity index (χ3v) is 7.17. The van der Waals surface area contributed by atoms with Crippen molar-refractivity contribution < 1.29 is 18.0 Å². The smallest absolute Gasteiger partial charge is 0.244 e. The van der Waals surface area contributed by atoms with Crippen molar-refractivity contribution in [2.24, 2.45) is 0 Å². The predicted molar refractivity (Wildman–Crippen MR) is 142 cm³/mol. The summed E-state index contributed by atoms with van der Waals surface area (Å²) in [6, 6.07) is 11.4. The van der Waals surface area contributed by atoms with Crippen molar-refractivity contribution in [3.05, 3.63) is 63.6 Å². The van der Waals surface area contributed by atoms with Gasteiger partial charge in [-0.25, -0.2) is 8.42 Å². The van der Waals surface area contributed by atoms with Gasteiger partial charge in [0.05, 0.1) is 22.0 Å². The molecule has 1 atom stereocenters. The van der Waals surface area contributed by atoms with Gasteiger partial charge in [-0.2, -0.15) is 0 Å². The molecule has 0 saturated carbocycles. The normalized spacial score (nSPS) is 12.7. The lowest BCUT2D eigenvalue weighted by Crippen LogP contribution is -2.55. The second-order valence-electron chi connectivity index (χ2n) is 9.51. The quantitative estimate of drug-likeness (QED) is 0.494. The molecule has 0 fully saturated rings. The number of benzene rings is 2. The topological polar surface area (TPSA) is 86.8 Å². The molecule has 2 aromatic carbocycles. The first-order valence-electron chi connectivity index (χ1n) is 11.2. The van der Waals surface area contributed by atoms with Crippen LogP contribution in [-0.4, -0.2) is 49.5 Å². The summed E-state index contributed by atoms with van der Waals surface area (Å²) in [7, 11) is -3.90. The molecule has 0 aromatic heterocycles. The molecular formula is C25H33Cl2N3O4S. The van der Waals surface area contributed by atoms with E-state index in [0.717, 1.165) is 21.7 Å². The summed E-state index contributed by atoms with van der Waals surface area (Å²) in [5.41, 5.74) is 1.47. The minimum Gasteiger partial charge on any atom is -0.350 e. The summed E-state index contributed by atoms with van der Waals surface area (Å²) in [6.45, 7) is 8.94. The van der Waals surface area contributed by atoms with Crippen LogP contribution in [0.2, 0.25) is 10.0 Å². The highest BCUT2D eigenvalue weighted by Gasteiger charge is 2.33. The highest BCUT2D eigenvalue weighted by atomic mass is 35.5. The Morgan fingerprint density at radius 1 is 1.06 bits per heavy atom. The third kappa shape index (κ3) is 8.12. The van der Waals surface area contributed by atoms with Gasteiger partial charge in [0.15, 0.2) is 0 Å². The van der Waals surface area contributed by atoms with E-state index in [2.05, 4.69) is 5.32 Å². The molecule has 10 heteroatoms. The van der Waals surface area contributed by atoms with Crippen LogP contribution in [0.15, 0.2) is 42.5 Å². The van der Waals surface area contributed by atoms with E-state index in [0.29, 0.717) is 6.42 Å². The van der Waals surface area contributed by atoms with E-state index in [1.807, 2.05) is 58.9 Å². The summed E-state index contributed by atoms with van der Waals surface area (Å²) < 4.78 is 26.3. The predicted octanol–water partition coefficient (Wildman–Crippen LogP) is 4.79. The number of anilines is 1. The lowest BCUT2D eigenvalue weighted by Gasteiger charge is -2.34. The lowest BCUT2D eigenvalue weighted by atomic mass is 10.1. The Morgan fingerprint density at radius 3 is 2.17 bits per heavy atom. The van der Waals surface area contributed by atoms with Gasteiger partial charge in [0.1, 0.15) is 12.6 Å². The number of carbonyl (C=O) groups is 2. The van der Waals surface area contributed by atoms with Crippen LogP contribution in [0.5, 0.6) is 0 Å². The molecule has 0 unspecified atom stereocenters. The number of hydrogen-bond acceptors (Lipinski definition) is 4. The van der Waals surface area contributed by atoms with Crippen LogP contribution in [0, 0.1) is 6.92 Å². The molecule has 192 valence electrons. The summed E-state index contributed by atoms with van der Waals surface area (Å²) in [4.78, 5) is 28.3. The van der Waals surface area contributed by atoms with Crippen molar-refractivity contribution in [2.75, 3.05) is 17.1 Å². The number of carbonyl (C=O) groups excluding carboxylic acids is 2. The summed E-state index contributed by atoms with van der Waals surface area (Å²) in [5.74, 6) is -0.852. The van der Waals surface area contributed by atoms with Crippen LogP contribution in [0.4, 0.5) is 5.69 Å². The van der Waals surface area contributed by atoms with Crippen LogP contribution < -0.4 is 9.62 Å². The maximum absolute atomic E-state index is 13.7. The van der Waals surface area contributed by atoms with Crippen molar-refractivity contribution in [3.63, 3.8) is 0 Å². The van der Waals surface area contributed by atoms with Crippen LogP contribution >= 0.6 is 23.2 Å². The van der Waals surface area contributed by atoms with Crippen LogP contribution in [-0.2, 0) is 26.2 Å². The third-order valence-electron chi connectivity index (χ3n) is 5.24. The highest BCUT2D eigenvalue weighted by molar-refractivity contribution is 7.92. The molecule has 7 nitrogen and oxygen atoms in total. The molecule has 2 amide bonds. The molecular weight excluding hydrogens is 509 g/mol. The van der Waals surface area contributed by atoms with Gasteiger partial charge in [-0.15, -0.1) is 0 Å². The van der Waals surface area contributed by atoms with E-state index in [4.69, 9.17) is 23.2 Å². The van der Waals surface area contributed by atoms with E-state index in [-0.39, 0.29) is 28.2 Å².